The van der Waals surface area contributed by atoms with Crippen molar-refractivity contribution in [3.05, 3.63) is 58.9 Å². The minimum atomic E-state index is -4.42. The summed E-state index contributed by atoms with van der Waals surface area (Å²) < 4.78 is 37.7. The van der Waals surface area contributed by atoms with Crippen molar-refractivity contribution in [3.8, 4) is 0 Å². The minimum Gasteiger partial charge on any atom is -0.277 e. The van der Waals surface area contributed by atoms with E-state index in [0.29, 0.717) is 5.69 Å². The third-order valence-corrected chi connectivity index (χ3v) is 2.69. The van der Waals surface area contributed by atoms with Gasteiger partial charge >= 0.3 is 6.18 Å². The van der Waals surface area contributed by atoms with Gasteiger partial charge in [0, 0.05) is 6.20 Å². The molecule has 0 spiro atoms. The summed E-state index contributed by atoms with van der Waals surface area (Å²) in [6.07, 6.45) is -1.46. The Morgan fingerprint density at radius 3 is 2.65 bits per heavy atom. The number of nitrogens with zero attached hydrogens (tertiary/aromatic N) is 2. The smallest absolute Gasteiger partial charge is 0.277 e. The Hall–Kier alpha value is -2.08. The number of aromatic nitrogens is 1. The van der Waals surface area contributed by atoms with E-state index in [2.05, 4.69) is 15.5 Å². The topological polar surface area (TPSA) is 37.3 Å². The van der Waals surface area contributed by atoms with Crippen LogP contribution in [0, 0.1) is 0 Å². The van der Waals surface area contributed by atoms with Crippen LogP contribution in [0.25, 0.3) is 0 Å². The van der Waals surface area contributed by atoms with Gasteiger partial charge in [-0.2, -0.15) is 18.3 Å². The molecular weight excluding hydrogens is 291 g/mol. The van der Waals surface area contributed by atoms with Crippen LogP contribution in [0.2, 0.25) is 5.02 Å². The van der Waals surface area contributed by atoms with Crippen LogP contribution < -0.4 is 5.43 Å². The molecule has 1 heterocycles. The molecule has 0 saturated heterocycles. The zero-order chi connectivity index (χ0) is 14.6. The maximum absolute atomic E-state index is 12.6. The summed E-state index contributed by atoms with van der Waals surface area (Å²) in [5.74, 6) is 0. The van der Waals surface area contributed by atoms with Gasteiger partial charge in [-0.15, -0.1) is 0 Å². The summed E-state index contributed by atoms with van der Waals surface area (Å²) >= 11 is 5.81. The summed E-state index contributed by atoms with van der Waals surface area (Å²) in [7, 11) is 0. The molecule has 0 amide bonds. The zero-order valence-corrected chi connectivity index (χ0v) is 10.8. The molecule has 3 nitrogen and oxygen atoms in total. The lowest BCUT2D eigenvalue weighted by Crippen LogP contribution is -2.05. The molecule has 104 valence electrons. The highest BCUT2D eigenvalue weighted by Crippen LogP contribution is 2.33. The van der Waals surface area contributed by atoms with Gasteiger partial charge in [-0.3, -0.25) is 10.4 Å². The molecule has 0 aliphatic carbocycles. The molecule has 0 atom stereocenters. The number of hydrogen-bond acceptors (Lipinski definition) is 3. The molecule has 1 N–H and O–H groups in total. The molecule has 0 unspecified atom stereocenters. The minimum absolute atomic E-state index is 0.0775. The largest absolute Gasteiger partial charge is 0.416 e. The van der Waals surface area contributed by atoms with Crippen molar-refractivity contribution >= 4 is 23.5 Å². The third-order valence-electron chi connectivity index (χ3n) is 2.36. The molecule has 7 heteroatoms. The van der Waals surface area contributed by atoms with Gasteiger partial charge in [-0.25, -0.2) is 0 Å². The first-order valence-electron chi connectivity index (χ1n) is 5.53. The van der Waals surface area contributed by atoms with Crippen LogP contribution in [-0.4, -0.2) is 11.2 Å². The van der Waals surface area contributed by atoms with Crippen LogP contribution in [0.3, 0.4) is 0 Å². The van der Waals surface area contributed by atoms with E-state index in [1.54, 1.807) is 24.4 Å². The molecule has 0 aliphatic rings. The van der Waals surface area contributed by atoms with Gasteiger partial charge in [0.2, 0.25) is 0 Å². The van der Waals surface area contributed by atoms with Crippen molar-refractivity contribution < 1.29 is 13.2 Å². The Kier molecular flexibility index (Phi) is 4.24. The fourth-order valence-corrected chi connectivity index (χ4v) is 1.57. The van der Waals surface area contributed by atoms with E-state index < -0.39 is 11.7 Å². The van der Waals surface area contributed by atoms with Crippen molar-refractivity contribution in [2.75, 3.05) is 5.43 Å². The lowest BCUT2D eigenvalue weighted by Gasteiger charge is -2.09. The highest BCUT2D eigenvalue weighted by molar-refractivity contribution is 6.33. The second-order valence-electron chi connectivity index (χ2n) is 3.82. The summed E-state index contributed by atoms with van der Waals surface area (Å²) in [6, 6.07) is 8.20. The second kappa shape index (κ2) is 5.92. The lowest BCUT2D eigenvalue weighted by atomic mass is 10.2. The monoisotopic (exact) mass is 299 g/mol. The van der Waals surface area contributed by atoms with E-state index in [4.69, 9.17) is 11.6 Å². The van der Waals surface area contributed by atoms with E-state index in [1.807, 2.05) is 0 Å². The van der Waals surface area contributed by atoms with Gasteiger partial charge < -0.3 is 0 Å². The summed E-state index contributed by atoms with van der Waals surface area (Å²) in [4.78, 5) is 3.99. The molecule has 20 heavy (non-hydrogen) atoms. The number of pyridine rings is 1. The number of benzene rings is 1. The molecule has 0 bridgehead atoms. The Morgan fingerprint density at radius 2 is 2.00 bits per heavy atom. The normalized spacial score (nSPS) is 11.8. The Labute approximate surface area is 118 Å². The Balaban J connectivity index is 2.15. The number of halogens is 4. The first kappa shape index (κ1) is 14.3. The fraction of sp³-hybridized carbons (Fsp3) is 0.0769. The summed E-state index contributed by atoms with van der Waals surface area (Å²) in [5, 5.41) is 3.96. The fourth-order valence-electron chi connectivity index (χ4n) is 1.41. The number of rotatable bonds is 3. The van der Waals surface area contributed by atoms with E-state index in [-0.39, 0.29) is 10.7 Å². The van der Waals surface area contributed by atoms with E-state index >= 15 is 0 Å². The second-order valence-corrected chi connectivity index (χ2v) is 4.22. The van der Waals surface area contributed by atoms with Crippen LogP contribution in [-0.2, 0) is 6.18 Å². The first-order chi connectivity index (χ1) is 9.47. The summed E-state index contributed by atoms with van der Waals surface area (Å²) in [6.45, 7) is 0. The average molecular weight is 300 g/mol. The van der Waals surface area contributed by atoms with Crippen LogP contribution >= 0.6 is 11.6 Å². The number of nitrogens with one attached hydrogen (secondary N) is 1. The van der Waals surface area contributed by atoms with Gasteiger partial charge in [0.05, 0.1) is 28.2 Å². The van der Waals surface area contributed by atoms with Crippen LogP contribution in [0.4, 0.5) is 18.9 Å². The lowest BCUT2D eigenvalue weighted by molar-refractivity contribution is -0.137. The van der Waals surface area contributed by atoms with Crippen molar-refractivity contribution in [2.45, 2.75) is 6.18 Å². The van der Waals surface area contributed by atoms with Crippen molar-refractivity contribution in [2.24, 2.45) is 5.10 Å². The van der Waals surface area contributed by atoms with Crippen LogP contribution in [0.15, 0.2) is 47.7 Å². The molecular formula is C13H9ClF3N3. The van der Waals surface area contributed by atoms with Gasteiger partial charge in [0.25, 0.3) is 0 Å². The average Bonchev–Trinajstić information content (AvgIpc) is 2.41. The van der Waals surface area contributed by atoms with Gasteiger partial charge in [-0.05, 0) is 30.3 Å². The van der Waals surface area contributed by atoms with E-state index in [0.717, 1.165) is 12.1 Å². The highest BCUT2D eigenvalue weighted by Gasteiger charge is 2.30. The van der Waals surface area contributed by atoms with Crippen LogP contribution in [0.5, 0.6) is 0 Å². The Morgan fingerprint density at radius 1 is 1.20 bits per heavy atom. The maximum atomic E-state index is 12.6. The van der Waals surface area contributed by atoms with Crippen molar-refractivity contribution in [1.29, 1.82) is 0 Å². The molecule has 2 rings (SSSR count). The quantitative estimate of drug-likeness (QED) is 0.681. The predicted octanol–water partition coefficient (Wildman–Crippen LogP) is 4.20. The van der Waals surface area contributed by atoms with Crippen molar-refractivity contribution in [3.63, 3.8) is 0 Å². The van der Waals surface area contributed by atoms with E-state index in [1.165, 1.54) is 12.3 Å². The molecule has 0 saturated carbocycles. The number of hydrazone groups is 1. The van der Waals surface area contributed by atoms with Crippen molar-refractivity contribution in [1.82, 2.24) is 4.98 Å². The number of anilines is 1. The van der Waals surface area contributed by atoms with Gasteiger partial charge in [-0.1, -0.05) is 17.7 Å². The molecule has 0 radical (unpaired) electrons. The third kappa shape index (κ3) is 3.71. The van der Waals surface area contributed by atoms with Crippen LogP contribution in [0.1, 0.15) is 11.3 Å². The summed E-state index contributed by atoms with van der Waals surface area (Å²) in [5.41, 5.74) is 2.33. The molecule has 0 aliphatic heterocycles. The standard InChI is InChI=1S/C13H9ClF3N3/c14-11-5-4-9(13(15,16)17)7-12(11)20-19-8-10-3-1-2-6-18-10/h1-8,20H. The zero-order valence-electron chi connectivity index (χ0n) is 10.0. The van der Waals surface area contributed by atoms with Gasteiger partial charge in [0.1, 0.15) is 0 Å². The first-order valence-corrected chi connectivity index (χ1v) is 5.91. The maximum Gasteiger partial charge on any atom is 0.416 e. The highest BCUT2D eigenvalue weighted by atomic mass is 35.5. The SMILES string of the molecule is FC(F)(F)c1ccc(Cl)c(NN=Cc2ccccn2)c1. The molecule has 2 aromatic rings. The molecule has 0 fully saturated rings. The van der Waals surface area contributed by atoms with Gasteiger partial charge in [0.15, 0.2) is 0 Å². The predicted molar refractivity (Wildman–Crippen MR) is 71.9 cm³/mol. The molecule has 1 aromatic carbocycles. The number of hydrogen-bond donors (Lipinski definition) is 1. The molecule has 1 aromatic heterocycles. The van der Waals surface area contributed by atoms with E-state index in [9.17, 15) is 13.2 Å². The number of alkyl halides is 3. The Bertz CT molecular complexity index is 612.